The molecule has 1 aromatic carbocycles. The molecule has 1 atom stereocenters. The van der Waals surface area contributed by atoms with Gasteiger partial charge in [0.25, 0.3) is 0 Å². The molecular weight excluding hydrogens is 285 g/mol. The average Bonchev–Trinajstić information content (AvgIpc) is 3.18. The highest BCUT2D eigenvalue weighted by Gasteiger charge is 2.21. The summed E-state index contributed by atoms with van der Waals surface area (Å²) in [5.41, 5.74) is 0.967. The van der Waals surface area contributed by atoms with Gasteiger partial charge >= 0.3 is 0 Å². The number of halogens is 2. The molecule has 0 heterocycles. The molecule has 1 saturated carbocycles. The summed E-state index contributed by atoms with van der Waals surface area (Å²) in [7, 11) is 0. The van der Waals surface area contributed by atoms with Gasteiger partial charge in [-0.15, -0.1) is 0 Å². The minimum Gasteiger partial charge on any atom is -0.491 e. The quantitative estimate of drug-likeness (QED) is 0.812. The highest BCUT2D eigenvalue weighted by atomic mass is 35.5. The van der Waals surface area contributed by atoms with Crippen molar-refractivity contribution in [3.63, 3.8) is 0 Å². The van der Waals surface area contributed by atoms with E-state index < -0.39 is 0 Å². The Hall–Kier alpha value is -0.480. The van der Waals surface area contributed by atoms with Gasteiger partial charge in [-0.05, 0) is 25.0 Å². The van der Waals surface area contributed by atoms with Gasteiger partial charge in [-0.25, -0.2) is 0 Å². The Labute approximate surface area is 123 Å². The van der Waals surface area contributed by atoms with Crippen molar-refractivity contribution in [1.29, 1.82) is 0 Å². The molecule has 1 aliphatic carbocycles. The summed E-state index contributed by atoms with van der Waals surface area (Å²) in [6.45, 7) is 3.16. The van der Waals surface area contributed by atoms with E-state index in [1.165, 1.54) is 12.8 Å². The van der Waals surface area contributed by atoms with Gasteiger partial charge in [-0.2, -0.15) is 0 Å². The summed E-state index contributed by atoms with van der Waals surface area (Å²) in [6.07, 6.45) is 2.46. The maximum Gasteiger partial charge on any atom is 0.142 e. The second-order valence-electron chi connectivity index (χ2n) is 5.13. The molecule has 19 heavy (non-hydrogen) atoms. The first-order valence-corrected chi connectivity index (χ1v) is 7.30. The Morgan fingerprint density at radius 3 is 2.79 bits per heavy atom. The molecule has 0 amide bonds. The van der Waals surface area contributed by atoms with Gasteiger partial charge in [0.1, 0.15) is 5.75 Å². The van der Waals surface area contributed by atoms with Crippen LogP contribution >= 0.6 is 23.2 Å². The number of ether oxygens (including phenoxy) is 1. The van der Waals surface area contributed by atoms with Crippen LogP contribution < -0.4 is 10.1 Å². The minimum atomic E-state index is 0.0796. The molecule has 1 aromatic rings. The van der Waals surface area contributed by atoms with Crippen LogP contribution in [-0.2, 0) is 6.54 Å². The van der Waals surface area contributed by atoms with E-state index in [1.54, 1.807) is 6.07 Å². The Morgan fingerprint density at radius 1 is 1.42 bits per heavy atom. The van der Waals surface area contributed by atoms with Crippen molar-refractivity contribution in [2.75, 3.05) is 13.2 Å². The van der Waals surface area contributed by atoms with Crippen LogP contribution in [0.3, 0.4) is 0 Å². The molecule has 5 heteroatoms. The van der Waals surface area contributed by atoms with Crippen LogP contribution in [0, 0.1) is 5.92 Å². The molecule has 2 N–H and O–H groups in total. The lowest BCUT2D eigenvalue weighted by Gasteiger charge is -2.16. The Balaban J connectivity index is 2.08. The molecule has 0 spiro atoms. The van der Waals surface area contributed by atoms with Crippen LogP contribution in [0.5, 0.6) is 5.75 Å². The van der Waals surface area contributed by atoms with Crippen molar-refractivity contribution in [2.24, 2.45) is 5.92 Å². The highest BCUT2D eigenvalue weighted by Crippen LogP contribution is 2.33. The minimum absolute atomic E-state index is 0.0796. The zero-order chi connectivity index (χ0) is 13.8. The molecule has 0 radical (unpaired) electrons. The van der Waals surface area contributed by atoms with Gasteiger partial charge in [0.2, 0.25) is 0 Å². The van der Waals surface area contributed by atoms with E-state index in [1.807, 2.05) is 13.0 Å². The van der Waals surface area contributed by atoms with E-state index in [0.29, 0.717) is 35.0 Å². The monoisotopic (exact) mass is 303 g/mol. The van der Waals surface area contributed by atoms with Gasteiger partial charge in [0.05, 0.1) is 11.6 Å². The van der Waals surface area contributed by atoms with Gasteiger partial charge in [-0.3, -0.25) is 0 Å². The van der Waals surface area contributed by atoms with Crippen molar-refractivity contribution in [1.82, 2.24) is 5.32 Å². The largest absolute Gasteiger partial charge is 0.491 e. The zero-order valence-electron chi connectivity index (χ0n) is 11.0. The predicted octanol–water partition coefficient (Wildman–Crippen LogP) is 3.25. The normalized spacial score (nSPS) is 16.4. The Kier molecular flexibility index (Phi) is 5.34. The molecule has 2 rings (SSSR count). The number of nitrogens with one attached hydrogen (secondary N) is 1. The number of hydrogen-bond donors (Lipinski definition) is 2. The molecule has 106 valence electrons. The van der Waals surface area contributed by atoms with E-state index in [0.717, 1.165) is 5.56 Å². The lowest BCUT2D eigenvalue weighted by atomic mass is 10.2. The summed E-state index contributed by atoms with van der Waals surface area (Å²) in [4.78, 5) is 0. The standard InChI is InChI=1S/C14H19Cl2NO2/c1-9(7-18)8-19-14-10(6-17-12-2-3-12)4-11(15)5-13(14)16/h4-5,9,12,17-18H,2-3,6-8H2,1H3. The summed E-state index contributed by atoms with van der Waals surface area (Å²) in [5, 5.41) is 13.6. The molecule has 0 aromatic heterocycles. The van der Waals surface area contributed by atoms with Crippen molar-refractivity contribution < 1.29 is 9.84 Å². The molecule has 1 fully saturated rings. The second-order valence-corrected chi connectivity index (χ2v) is 5.97. The third-order valence-corrected chi connectivity index (χ3v) is 3.57. The van der Waals surface area contributed by atoms with Crippen LogP contribution in [-0.4, -0.2) is 24.4 Å². The summed E-state index contributed by atoms with van der Waals surface area (Å²) in [5.74, 6) is 0.746. The fourth-order valence-electron chi connectivity index (χ4n) is 1.73. The predicted molar refractivity (Wildman–Crippen MR) is 78.1 cm³/mol. The van der Waals surface area contributed by atoms with Crippen LogP contribution in [0.1, 0.15) is 25.3 Å². The third kappa shape index (κ3) is 4.53. The molecule has 1 aliphatic rings. The third-order valence-electron chi connectivity index (χ3n) is 3.07. The van der Waals surface area contributed by atoms with E-state index in [2.05, 4.69) is 5.32 Å². The SMILES string of the molecule is CC(CO)COc1c(Cl)cc(Cl)cc1CNC1CC1. The Bertz CT molecular complexity index is 436. The van der Waals surface area contributed by atoms with E-state index >= 15 is 0 Å². The fraction of sp³-hybridized carbons (Fsp3) is 0.571. The smallest absolute Gasteiger partial charge is 0.142 e. The van der Waals surface area contributed by atoms with Crippen LogP contribution in [0.2, 0.25) is 10.0 Å². The molecular formula is C14H19Cl2NO2. The summed E-state index contributed by atoms with van der Waals surface area (Å²) in [6, 6.07) is 4.17. The fourth-order valence-corrected chi connectivity index (χ4v) is 2.32. The lowest BCUT2D eigenvalue weighted by Crippen LogP contribution is -2.18. The van der Waals surface area contributed by atoms with Gasteiger partial charge in [-0.1, -0.05) is 30.1 Å². The molecule has 3 nitrogen and oxygen atoms in total. The first kappa shape index (κ1) is 14.9. The maximum atomic E-state index is 9.03. The average molecular weight is 304 g/mol. The second kappa shape index (κ2) is 6.80. The Morgan fingerprint density at radius 2 is 2.16 bits per heavy atom. The molecule has 0 saturated heterocycles. The van der Waals surface area contributed by atoms with Crippen molar-refractivity contribution in [3.8, 4) is 5.75 Å². The number of aliphatic hydroxyl groups excluding tert-OH is 1. The topological polar surface area (TPSA) is 41.5 Å². The van der Waals surface area contributed by atoms with Gasteiger partial charge in [0.15, 0.2) is 0 Å². The lowest BCUT2D eigenvalue weighted by molar-refractivity contribution is 0.173. The zero-order valence-corrected chi connectivity index (χ0v) is 12.5. The van der Waals surface area contributed by atoms with E-state index in [-0.39, 0.29) is 12.5 Å². The number of benzene rings is 1. The van der Waals surface area contributed by atoms with Crippen molar-refractivity contribution >= 4 is 23.2 Å². The van der Waals surface area contributed by atoms with Crippen LogP contribution in [0.4, 0.5) is 0 Å². The van der Waals surface area contributed by atoms with Gasteiger partial charge < -0.3 is 15.2 Å². The number of aliphatic hydroxyl groups is 1. The van der Waals surface area contributed by atoms with Crippen LogP contribution in [0.25, 0.3) is 0 Å². The van der Waals surface area contributed by atoms with Crippen molar-refractivity contribution in [3.05, 3.63) is 27.7 Å². The van der Waals surface area contributed by atoms with Crippen LogP contribution in [0.15, 0.2) is 12.1 Å². The summed E-state index contributed by atoms with van der Waals surface area (Å²) >= 11 is 12.2. The molecule has 0 aliphatic heterocycles. The molecule has 0 bridgehead atoms. The molecule has 1 unspecified atom stereocenters. The first-order valence-electron chi connectivity index (χ1n) is 6.55. The van der Waals surface area contributed by atoms with Crippen molar-refractivity contribution in [2.45, 2.75) is 32.4 Å². The summed E-state index contributed by atoms with van der Waals surface area (Å²) < 4.78 is 5.74. The van der Waals surface area contributed by atoms with E-state index in [4.69, 9.17) is 33.0 Å². The number of hydrogen-bond acceptors (Lipinski definition) is 3. The maximum absolute atomic E-state index is 9.03. The first-order chi connectivity index (χ1) is 9.10. The van der Waals surface area contributed by atoms with Gasteiger partial charge in [0, 0.05) is 35.7 Å². The number of rotatable bonds is 7. The van der Waals surface area contributed by atoms with E-state index in [9.17, 15) is 0 Å². The highest BCUT2D eigenvalue weighted by molar-refractivity contribution is 6.35.